The predicted molar refractivity (Wildman–Crippen MR) is 103 cm³/mol. The molecule has 0 saturated carbocycles. The molecule has 7 heteroatoms. The highest BCUT2D eigenvalue weighted by Gasteiger charge is 2.18. The van der Waals surface area contributed by atoms with E-state index < -0.39 is 17.6 Å². The number of carbonyl (C=O) groups excluding carboxylic acids is 1. The first-order valence-corrected chi connectivity index (χ1v) is 8.31. The standard InChI is InChI=1S/C21H16F2N2O3/c1-12(26)17-10-20(25-16-8-4-14(23)5-9-16)18(21(27)28)11-19(17)24-15-6-2-13(22)3-7-15/h2-11,24-25H,1H3,(H,27,28). The molecule has 3 aromatic carbocycles. The van der Waals surface area contributed by atoms with Gasteiger partial charge in [-0.3, -0.25) is 4.79 Å². The van der Waals surface area contributed by atoms with E-state index in [0.717, 1.165) is 0 Å². The maximum absolute atomic E-state index is 13.1. The maximum atomic E-state index is 13.1. The van der Waals surface area contributed by atoms with E-state index in [9.17, 15) is 23.5 Å². The van der Waals surface area contributed by atoms with Gasteiger partial charge in [-0.25, -0.2) is 13.6 Å². The van der Waals surface area contributed by atoms with Crippen molar-refractivity contribution >= 4 is 34.5 Å². The van der Waals surface area contributed by atoms with Crippen LogP contribution < -0.4 is 10.6 Å². The Morgan fingerprint density at radius 2 is 1.14 bits per heavy atom. The highest BCUT2D eigenvalue weighted by molar-refractivity contribution is 6.05. The molecule has 0 radical (unpaired) electrons. The number of hydrogen-bond acceptors (Lipinski definition) is 4. The van der Waals surface area contributed by atoms with Crippen LogP contribution in [0.2, 0.25) is 0 Å². The molecule has 0 bridgehead atoms. The van der Waals surface area contributed by atoms with Crippen LogP contribution in [0.3, 0.4) is 0 Å². The number of aromatic carboxylic acids is 1. The predicted octanol–water partition coefficient (Wildman–Crippen LogP) is 5.35. The minimum Gasteiger partial charge on any atom is -0.478 e. The number of rotatable bonds is 6. The monoisotopic (exact) mass is 382 g/mol. The van der Waals surface area contributed by atoms with Crippen LogP contribution in [0.15, 0.2) is 60.7 Å². The second-order valence-electron chi connectivity index (χ2n) is 6.07. The lowest BCUT2D eigenvalue weighted by Gasteiger charge is -2.16. The van der Waals surface area contributed by atoms with Crippen molar-refractivity contribution in [3.63, 3.8) is 0 Å². The summed E-state index contributed by atoms with van der Waals surface area (Å²) in [6, 6.07) is 13.6. The fourth-order valence-electron chi connectivity index (χ4n) is 2.65. The summed E-state index contributed by atoms with van der Waals surface area (Å²) in [5.74, 6) is -2.33. The van der Waals surface area contributed by atoms with Crippen LogP contribution in [0.4, 0.5) is 31.5 Å². The molecular formula is C21H16F2N2O3. The fourth-order valence-corrected chi connectivity index (χ4v) is 2.65. The van der Waals surface area contributed by atoms with Gasteiger partial charge in [0.1, 0.15) is 11.6 Å². The summed E-state index contributed by atoms with van der Waals surface area (Å²) >= 11 is 0. The molecule has 0 saturated heterocycles. The van der Waals surface area contributed by atoms with Crippen molar-refractivity contribution < 1.29 is 23.5 Å². The van der Waals surface area contributed by atoms with Gasteiger partial charge in [-0.2, -0.15) is 0 Å². The lowest BCUT2D eigenvalue weighted by molar-refractivity contribution is 0.0697. The number of hydrogen-bond donors (Lipinski definition) is 3. The molecule has 142 valence electrons. The lowest BCUT2D eigenvalue weighted by Crippen LogP contribution is -2.08. The van der Waals surface area contributed by atoms with E-state index in [2.05, 4.69) is 10.6 Å². The van der Waals surface area contributed by atoms with E-state index in [1.807, 2.05) is 0 Å². The van der Waals surface area contributed by atoms with Crippen LogP contribution >= 0.6 is 0 Å². The number of carboxylic acids is 1. The molecule has 0 aliphatic carbocycles. The van der Waals surface area contributed by atoms with Gasteiger partial charge < -0.3 is 15.7 Å². The molecule has 0 heterocycles. The number of ketones is 1. The summed E-state index contributed by atoms with van der Waals surface area (Å²) < 4.78 is 26.2. The molecule has 0 aromatic heterocycles. The Morgan fingerprint density at radius 3 is 1.54 bits per heavy atom. The van der Waals surface area contributed by atoms with Crippen LogP contribution in [-0.4, -0.2) is 16.9 Å². The van der Waals surface area contributed by atoms with Crippen molar-refractivity contribution in [3.8, 4) is 0 Å². The average molecular weight is 382 g/mol. The zero-order valence-electron chi connectivity index (χ0n) is 14.8. The summed E-state index contributed by atoms with van der Waals surface area (Å²) in [6.07, 6.45) is 0. The third-order valence-corrected chi connectivity index (χ3v) is 4.01. The zero-order valence-corrected chi connectivity index (χ0v) is 14.8. The van der Waals surface area contributed by atoms with Crippen LogP contribution in [0.25, 0.3) is 0 Å². The lowest BCUT2D eigenvalue weighted by atomic mass is 10.0. The Bertz CT molecular complexity index is 948. The Balaban J connectivity index is 2.04. The van der Waals surface area contributed by atoms with E-state index in [1.54, 1.807) is 0 Å². The molecule has 0 spiro atoms. The molecule has 5 nitrogen and oxygen atoms in total. The number of halogens is 2. The molecule has 0 aliphatic rings. The van der Waals surface area contributed by atoms with Crippen LogP contribution in [-0.2, 0) is 0 Å². The topological polar surface area (TPSA) is 78.4 Å². The van der Waals surface area contributed by atoms with E-state index in [0.29, 0.717) is 11.4 Å². The van der Waals surface area contributed by atoms with Crippen LogP contribution in [0, 0.1) is 11.6 Å². The van der Waals surface area contributed by atoms with Crippen LogP contribution in [0.5, 0.6) is 0 Å². The number of Topliss-reactive ketones (excluding diaryl/α,β-unsaturated/α-hetero) is 1. The Morgan fingerprint density at radius 1 is 0.750 bits per heavy atom. The van der Waals surface area contributed by atoms with E-state index in [1.165, 1.54) is 67.6 Å². The first kappa shape index (κ1) is 19.0. The SMILES string of the molecule is CC(=O)c1cc(Nc2ccc(F)cc2)c(C(=O)O)cc1Nc1ccc(F)cc1. The quantitative estimate of drug-likeness (QED) is 0.501. The minimum atomic E-state index is -1.21. The molecule has 3 N–H and O–H groups in total. The van der Waals surface area contributed by atoms with Gasteiger partial charge in [0, 0.05) is 16.9 Å². The Labute approximate surface area is 159 Å². The van der Waals surface area contributed by atoms with Gasteiger partial charge >= 0.3 is 5.97 Å². The molecule has 28 heavy (non-hydrogen) atoms. The highest BCUT2D eigenvalue weighted by Crippen LogP contribution is 2.31. The number of carbonyl (C=O) groups is 2. The summed E-state index contributed by atoms with van der Waals surface area (Å²) in [6.45, 7) is 1.35. The smallest absolute Gasteiger partial charge is 0.337 e. The Hall–Kier alpha value is -3.74. The second-order valence-corrected chi connectivity index (χ2v) is 6.07. The highest BCUT2D eigenvalue weighted by atomic mass is 19.1. The van der Waals surface area contributed by atoms with Crippen LogP contribution in [0.1, 0.15) is 27.6 Å². The van der Waals surface area contributed by atoms with E-state index in [4.69, 9.17) is 0 Å². The fraction of sp³-hybridized carbons (Fsp3) is 0.0476. The molecule has 0 fully saturated rings. The van der Waals surface area contributed by atoms with Gasteiger partial charge in [0.25, 0.3) is 0 Å². The van der Waals surface area contributed by atoms with Crippen molar-refractivity contribution in [2.45, 2.75) is 6.92 Å². The number of anilines is 4. The maximum Gasteiger partial charge on any atom is 0.337 e. The third-order valence-electron chi connectivity index (χ3n) is 4.01. The van der Waals surface area contributed by atoms with Crippen molar-refractivity contribution in [3.05, 3.63) is 83.4 Å². The van der Waals surface area contributed by atoms with Gasteiger partial charge in [-0.15, -0.1) is 0 Å². The average Bonchev–Trinajstić information content (AvgIpc) is 2.66. The number of carboxylic acid groups (broad SMARTS) is 1. The Kier molecular flexibility index (Phi) is 5.35. The van der Waals surface area contributed by atoms with Gasteiger partial charge in [-0.05, 0) is 67.6 Å². The largest absolute Gasteiger partial charge is 0.478 e. The van der Waals surface area contributed by atoms with E-state index in [-0.39, 0.29) is 28.3 Å². The molecule has 0 atom stereocenters. The summed E-state index contributed by atoms with van der Waals surface area (Å²) in [5.41, 5.74) is 1.60. The first-order chi connectivity index (χ1) is 13.3. The van der Waals surface area contributed by atoms with Crippen molar-refractivity contribution in [2.75, 3.05) is 10.6 Å². The van der Waals surface area contributed by atoms with Crippen molar-refractivity contribution in [1.29, 1.82) is 0 Å². The summed E-state index contributed by atoms with van der Waals surface area (Å²) in [4.78, 5) is 23.9. The molecular weight excluding hydrogens is 366 g/mol. The minimum absolute atomic E-state index is 0.0843. The number of benzene rings is 3. The summed E-state index contributed by atoms with van der Waals surface area (Å²) in [7, 11) is 0. The summed E-state index contributed by atoms with van der Waals surface area (Å²) in [5, 5.41) is 15.4. The molecule has 0 amide bonds. The molecule has 3 rings (SSSR count). The van der Waals surface area contributed by atoms with Gasteiger partial charge in [0.05, 0.1) is 16.9 Å². The van der Waals surface area contributed by atoms with E-state index >= 15 is 0 Å². The van der Waals surface area contributed by atoms with Gasteiger partial charge in [0.15, 0.2) is 5.78 Å². The van der Waals surface area contributed by atoms with Gasteiger partial charge in [0.2, 0.25) is 0 Å². The normalized spacial score (nSPS) is 10.4. The van der Waals surface area contributed by atoms with Crippen molar-refractivity contribution in [2.24, 2.45) is 0 Å². The van der Waals surface area contributed by atoms with Gasteiger partial charge in [-0.1, -0.05) is 0 Å². The molecule has 0 unspecified atom stereocenters. The molecule has 0 aliphatic heterocycles. The number of nitrogens with one attached hydrogen (secondary N) is 2. The third kappa shape index (κ3) is 4.32. The molecule has 3 aromatic rings. The first-order valence-electron chi connectivity index (χ1n) is 8.31. The van der Waals surface area contributed by atoms with Crippen molar-refractivity contribution in [1.82, 2.24) is 0 Å². The zero-order chi connectivity index (χ0) is 20.3. The second kappa shape index (κ2) is 7.87.